The van der Waals surface area contributed by atoms with Gasteiger partial charge in [0.1, 0.15) is 0 Å². The van der Waals surface area contributed by atoms with E-state index in [1.54, 1.807) is 0 Å². The first-order chi connectivity index (χ1) is 10.2. The van der Waals surface area contributed by atoms with Gasteiger partial charge in [-0.05, 0) is 43.1 Å². The molecule has 0 fully saturated rings. The average molecular weight is 282 g/mol. The maximum Gasteiger partial charge on any atom is 0.0370 e. The molecule has 0 aliphatic rings. The number of hydrogen-bond acceptors (Lipinski definition) is 2. The number of anilines is 1. The summed E-state index contributed by atoms with van der Waals surface area (Å²) in [6, 6.07) is 17.8. The highest BCUT2D eigenvalue weighted by atomic mass is 15.1. The van der Waals surface area contributed by atoms with Crippen molar-refractivity contribution in [3.8, 4) is 0 Å². The van der Waals surface area contributed by atoms with E-state index >= 15 is 0 Å². The lowest BCUT2D eigenvalue weighted by molar-refractivity contribution is 0.213. The molecule has 0 spiro atoms. The van der Waals surface area contributed by atoms with Crippen molar-refractivity contribution >= 4 is 5.69 Å². The van der Waals surface area contributed by atoms with Gasteiger partial charge in [0, 0.05) is 25.3 Å². The molecule has 0 aliphatic heterocycles. The number of nitrogens with zero attached hydrogens (tertiary/aromatic N) is 1. The first kappa shape index (κ1) is 15.6. The molecule has 0 unspecified atom stereocenters. The Bertz CT molecular complexity index is 563. The van der Waals surface area contributed by atoms with Crippen LogP contribution in [0.2, 0.25) is 0 Å². The average Bonchev–Trinajstić information content (AvgIpc) is 2.53. The van der Waals surface area contributed by atoms with Crippen molar-refractivity contribution in [1.29, 1.82) is 0 Å². The Hall–Kier alpha value is -1.80. The van der Waals surface area contributed by atoms with Gasteiger partial charge in [-0.15, -0.1) is 0 Å². The summed E-state index contributed by atoms with van der Waals surface area (Å²) in [5, 5.41) is 3.28. The zero-order valence-corrected chi connectivity index (χ0v) is 13.6. The first-order valence-corrected chi connectivity index (χ1v) is 7.72. The normalized spacial score (nSPS) is 12.4. The van der Waals surface area contributed by atoms with E-state index in [0.717, 1.165) is 13.1 Å². The van der Waals surface area contributed by atoms with Crippen LogP contribution in [0, 0.1) is 6.92 Å². The van der Waals surface area contributed by atoms with Crippen LogP contribution in [-0.2, 0) is 6.54 Å². The molecular weight excluding hydrogens is 256 g/mol. The summed E-state index contributed by atoms with van der Waals surface area (Å²) in [5.74, 6) is 0. The first-order valence-electron chi connectivity index (χ1n) is 7.72. The van der Waals surface area contributed by atoms with Crippen LogP contribution in [-0.4, -0.2) is 18.5 Å². The van der Waals surface area contributed by atoms with E-state index in [0.29, 0.717) is 6.04 Å². The number of hydrogen-bond donors (Lipinski definition) is 1. The van der Waals surface area contributed by atoms with Gasteiger partial charge in [0.2, 0.25) is 0 Å². The van der Waals surface area contributed by atoms with Crippen molar-refractivity contribution in [2.45, 2.75) is 33.4 Å². The fourth-order valence-electron chi connectivity index (χ4n) is 2.72. The molecule has 0 amide bonds. The lowest BCUT2D eigenvalue weighted by atomic mass is 10.0. The van der Waals surface area contributed by atoms with Gasteiger partial charge in [-0.1, -0.05) is 49.4 Å². The van der Waals surface area contributed by atoms with Crippen LogP contribution < -0.4 is 5.32 Å². The topological polar surface area (TPSA) is 15.3 Å². The number of rotatable bonds is 6. The van der Waals surface area contributed by atoms with E-state index in [1.165, 1.54) is 22.4 Å². The fourth-order valence-corrected chi connectivity index (χ4v) is 2.72. The molecule has 1 N–H and O–H groups in total. The summed E-state index contributed by atoms with van der Waals surface area (Å²) in [6.45, 7) is 8.69. The highest BCUT2D eigenvalue weighted by Crippen LogP contribution is 2.26. The molecular formula is C19H26N2. The standard InChI is InChI=1S/C19H26N2/c1-5-21(14-17-9-7-6-8-10-17)16(3)18-12-11-15(2)19(13-18)20-4/h6-13,16,20H,5,14H2,1-4H3/t16-/m1/s1. The van der Waals surface area contributed by atoms with E-state index in [1.807, 2.05) is 7.05 Å². The Balaban J connectivity index is 2.18. The van der Waals surface area contributed by atoms with Crippen molar-refractivity contribution in [2.24, 2.45) is 0 Å². The molecule has 2 rings (SSSR count). The van der Waals surface area contributed by atoms with Gasteiger partial charge in [-0.2, -0.15) is 0 Å². The molecule has 112 valence electrons. The number of nitrogens with one attached hydrogen (secondary N) is 1. The highest BCUT2D eigenvalue weighted by molar-refractivity contribution is 5.52. The summed E-state index contributed by atoms with van der Waals surface area (Å²) in [5.41, 5.74) is 5.24. The van der Waals surface area contributed by atoms with E-state index < -0.39 is 0 Å². The molecule has 2 aromatic carbocycles. The van der Waals surface area contributed by atoms with Crippen LogP contribution in [0.1, 0.15) is 36.6 Å². The molecule has 2 nitrogen and oxygen atoms in total. The second-order valence-electron chi connectivity index (χ2n) is 5.55. The van der Waals surface area contributed by atoms with Crippen molar-refractivity contribution < 1.29 is 0 Å². The highest BCUT2D eigenvalue weighted by Gasteiger charge is 2.15. The Morgan fingerprint density at radius 2 is 1.81 bits per heavy atom. The summed E-state index contributed by atoms with van der Waals surface area (Å²) in [7, 11) is 1.98. The zero-order chi connectivity index (χ0) is 15.2. The molecule has 0 aromatic heterocycles. The van der Waals surface area contributed by atoms with Gasteiger partial charge in [0.05, 0.1) is 0 Å². The maximum absolute atomic E-state index is 3.28. The van der Waals surface area contributed by atoms with Crippen LogP contribution >= 0.6 is 0 Å². The maximum atomic E-state index is 3.28. The lowest BCUT2D eigenvalue weighted by Gasteiger charge is -2.29. The van der Waals surface area contributed by atoms with Crippen molar-refractivity contribution in [3.05, 3.63) is 65.2 Å². The second-order valence-corrected chi connectivity index (χ2v) is 5.55. The van der Waals surface area contributed by atoms with E-state index in [2.05, 4.69) is 79.5 Å². The SMILES string of the molecule is CCN(Cc1ccccc1)[C@H](C)c1ccc(C)c(NC)c1. The zero-order valence-electron chi connectivity index (χ0n) is 13.6. The minimum Gasteiger partial charge on any atom is -0.388 e. The molecule has 0 saturated carbocycles. The largest absolute Gasteiger partial charge is 0.388 e. The summed E-state index contributed by atoms with van der Waals surface area (Å²) < 4.78 is 0. The summed E-state index contributed by atoms with van der Waals surface area (Å²) in [4.78, 5) is 2.50. The van der Waals surface area contributed by atoms with Crippen molar-refractivity contribution in [2.75, 3.05) is 18.9 Å². The van der Waals surface area contributed by atoms with E-state index in [4.69, 9.17) is 0 Å². The monoisotopic (exact) mass is 282 g/mol. The molecule has 0 aliphatic carbocycles. The molecule has 0 saturated heterocycles. The molecule has 0 heterocycles. The minimum atomic E-state index is 0.405. The third-order valence-electron chi connectivity index (χ3n) is 4.20. The predicted octanol–water partition coefficient (Wildman–Crippen LogP) is 4.62. The van der Waals surface area contributed by atoms with Crippen molar-refractivity contribution in [1.82, 2.24) is 4.90 Å². The van der Waals surface area contributed by atoms with Gasteiger partial charge in [0.15, 0.2) is 0 Å². The Morgan fingerprint density at radius 1 is 1.10 bits per heavy atom. The van der Waals surface area contributed by atoms with Gasteiger partial charge in [-0.25, -0.2) is 0 Å². The summed E-state index contributed by atoms with van der Waals surface area (Å²) in [6.07, 6.45) is 0. The van der Waals surface area contributed by atoms with Crippen LogP contribution in [0.4, 0.5) is 5.69 Å². The molecule has 2 heteroatoms. The van der Waals surface area contributed by atoms with Gasteiger partial charge >= 0.3 is 0 Å². The predicted molar refractivity (Wildman–Crippen MR) is 91.7 cm³/mol. The third kappa shape index (κ3) is 3.85. The second kappa shape index (κ2) is 7.28. The smallest absolute Gasteiger partial charge is 0.0370 e. The van der Waals surface area contributed by atoms with Gasteiger partial charge in [-0.3, -0.25) is 4.90 Å². The quantitative estimate of drug-likeness (QED) is 0.831. The molecule has 0 radical (unpaired) electrons. The van der Waals surface area contributed by atoms with Gasteiger partial charge < -0.3 is 5.32 Å². The lowest BCUT2D eigenvalue weighted by Crippen LogP contribution is -2.26. The van der Waals surface area contributed by atoms with E-state index in [9.17, 15) is 0 Å². The van der Waals surface area contributed by atoms with E-state index in [-0.39, 0.29) is 0 Å². The fraction of sp³-hybridized carbons (Fsp3) is 0.368. The Labute approximate surface area is 128 Å². The summed E-state index contributed by atoms with van der Waals surface area (Å²) >= 11 is 0. The van der Waals surface area contributed by atoms with Crippen molar-refractivity contribution in [3.63, 3.8) is 0 Å². The third-order valence-corrected chi connectivity index (χ3v) is 4.20. The van der Waals surface area contributed by atoms with Crippen LogP contribution in [0.15, 0.2) is 48.5 Å². The molecule has 2 aromatic rings. The molecule has 21 heavy (non-hydrogen) atoms. The Morgan fingerprint density at radius 3 is 2.43 bits per heavy atom. The Kier molecular flexibility index (Phi) is 5.40. The number of aryl methyl sites for hydroxylation is 1. The number of benzene rings is 2. The van der Waals surface area contributed by atoms with Crippen LogP contribution in [0.5, 0.6) is 0 Å². The van der Waals surface area contributed by atoms with Gasteiger partial charge in [0.25, 0.3) is 0 Å². The van der Waals surface area contributed by atoms with Crippen LogP contribution in [0.3, 0.4) is 0 Å². The minimum absolute atomic E-state index is 0.405. The van der Waals surface area contributed by atoms with Crippen LogP contribution in [0.25, 0.3) is 0 Å². The molecule has 0 bridgehead atoms. The molecule has 1 atom stereocenters.